The van der Waals surface area contributed by atoms with Gasteiger partial charge in [0.05, 0.1) is 7.11 Å². The Kier molecular flexibility index (Phi) is 4.19. The van der Waals surface area contributed by atoms with Gasteiger partial charge in [0.2, 0.25) is 0 Å². The molecule has 0 unspecified atom stereocenters. The van der Waals surface area contributed by atoms with Crippen molar-refractivity contribution in [3.05, 3.63) is 70.9 Å². The monoisotopic (exact) mass is 293 g/mol. The first kappa shape index (κ1) is 14.7. The molecular formula is C20H23NO. The fourth-order valence-corrected chi connectivity index (χ4v) is 3.15. The summed E-state index contributed by atoms with van der Waals surface area (Å²) in [5.41, 5.74) is 6.76. The first-order valence-corrected chi connectivity index (χ1v) is 7.87. The highest BCUT2D eigenvalue weighted by molar-refractivity contribution is 5.72. The summed E-state index contributed by atoms with van der Waals surface area (Å²) in [6.45, 7) is 4.43. The SMILES string of the molecule is COc1ccc2c(c1)CCC(N[C@H](C)c1ccccc1)=C2C. The molecule has 0 radical (unpaired) electrons. The molecule has 0 aromatic heterocycles. The second-order valence-corrected chi connectivity index (χ2v) is 5.90. The van der Waals surface area contributed by atoms with Crippen molar-refractivity contribution in [2.24, 2.45) is 0 Å². The summed E-state index contributed by atoms with van der Waals surface area (Å²) in [5.74, 6) is 0.945. The molecule has 1 N–H and O–H groups in total. The van der Waals surface area contributed by atoms with Crippen molar-refractivity contribution >= 4 is 5.57 Å². The molecule has 2 heteroatoms. The molecule has 1 aliphatic rings. The predicted octanol–water partition coefficient (Wildman–Crippen LogP) is 4.72. The Hall–Kier alpha value is -2.22. The van der Waals surface area contributed by atoms with Crippen molar-refractivity contribution in [3.63, 3.8) is 0 Å². The van der Waals surface area contributed by atoms with E-state index in [0.29, 0.717) is 6.04 Å². The van der Waals surface area contributed by atoms with E-state index in [1.54, 1.807) is 7.11 Å². The van der Waals surface area contributed by atoms with Gasteiger partial charge >= 0.3 is 0 Å². The van der Waals surface area contributed by atoms with E-state index in [4.69, 9.17) is 4.74 Å². The van der Waals surface area contributed by atoms with E-state index in [0.717, 1.165) is 18.6 Å². The van der Waals surface area contributed by atoms with Gasteiger partial charge in [-0.3, -0.25) is 0 Å². The average molecular weight is 293 g/mol. The number of rotatable bonds is 4. The summed E-state index contributed by atoms with van der Waals surface area (Å²) in [7, 11) is 1.72. The van der Waals surface area contributed by atoms with Crippen LogP contribution in [-0.2, 0) is 6.42 Å². The minimum absolute atomic E-state index is 0.325. The maximum atomic E-state index is 5.33. The van der Waals surface area contributed by atoms with Crippen LogP contribution in [0.5, 0.6) is 5.75 Å². The van der Waals surface area contributed by atoms with E-state index in [9.17, 15) is 0 Å². The molecule has 0 aliphatic heterocycles. The Bertz CT molecular complexity index is 688. The number of hydrogen-bond acceptors (Lipinski definition) is 2. The zero-order valence-corrected chi connectivity index (χ0v) is 13.5. The van der Waals surface area contributed by atoms with Gasteiger partial charge in [0.25, 0.3) is 0 Å². The van der Waals surface area contributed by atoms with E-state index in [-0.39, 0.29) is 0 Å². The summed E-state index contributed by atoms with van der Waals surface area (Å²) in [6.07, 6.45) is 2.12. The van der Waals surface area contributed by atoms with Crippen LogP contribution >= 0.6 is 0 Å². The lowest BCUT2D eigenvalue weighted by Crippen LogP contribution is -2.21. The molecule has 3 rings (SSSR count). The van der Waals surface area contributed by atoms with Gasteiger partial charge in [-0.25, -0.2) is 0 Å². The van der Waals surface area contributed by atoms with Gasteiger partial charge < -0.3 is 10.1 Å². The maximum Gasteiger partial charge on any atom is 0.119 e. The molecule has 2 aromatic rings. The van der Waals surface area contributed by atoms with Gasteiger partial charge in [0.15, 0.2) is 0 Å². The van der Waals surface area contributed by atoms with E-state index < -0.39 is 0 Å². The number of nitrogens with one attached hydrogen (secondary N) is 1. The molecule has 0 saturated carbocycles. The normalized spacial score (nSPS) is 15.2. The van der Waals surface area contributed by atoms with E-state index >= 15 is 0 Å². The number of aryl methyl sites for hydroxylation is 1. The summed E-state index contributed by atoms with van der Waals surface area (Å²) in [4.78, 5) is 0. The zero-order valence-electron chi connectivity index (χ0n) is 13.5. The van der Waals surface area contributed by atoms with Crippen LogP contribution in [0.3, 0.4) is 0 Å². The Morgan fingerprint density at radius 2 is 1.82 bits per heavy atom. The lowest BCUT2D eigenvalue weighted by molar-refractivity contribution is 0.414. The minimum Gasteiger partial charge on any atom is -0.497 e. The Morgan fingerprint density at radius 1 is 1.05 bits per heavy atom. The Balaban J connectivity index is 1.85. The zero-order chi connectivity index (χ0) is 15.5. The van der Waals surface area contributed by atoms with Crippen molar-refractivity contribution in [1.82, 2.24) is 5.32 Å². The predicted molar refractivity (Wildman–Crippen MR) is 91.9 cm³/mol. The number of benzene rings is 2. The van der Waals surface area contributed by atoms with E-state index in [1.165, 1.54) is 28.0 Å². The Labute approximate surface area is 132 Å². The third-order valence-corrected chi connectivity index (χ3v) is 4.50. The van der Waals surface area contributed by atoms with Gasteiger partial charge in [0.1, 0.15) is 5.75 Å². The van der Waals surface area contributed by atoms with Crippen LogP contribution in [0.2, 0.25) is 0 Å². The van der Waals surface area contributed by atoms with Crippen molar-refractivity contribution in [2.75, 3.05) is 7.11 Å². The molecule has 2 aromatic carbocycles. The largest absolute Gasteiger partial charge is 0.497 e. The third-order valence-electron chi connectivity index (χ3n) is 4.50. The number of allylic oxidation sites excluding steroid dienone is 2. The average Bonchev–Trinajstić information content (AvgIpc) is 2.57. The summed E-state index contributed by atoms with van der Waals surface area (Å²) in [5, 5.41) is 3.70. The van der Waals surface area contributed by atoms with Crippen molar-refractivity contribution in [3.8, 4) is 5.75 Å². The van der Waals surface area contributed by atoms with Crippen LogP contribution in [0.1, 0.15) is 43.0 Å². The summed E-state index contributed by atoms with van der Waals surface area (Å²) < 4.78 is 5.33. The Morgan fingerprint density at radius 3 is 2.55 bits per heavy atom. The minimum atomic E-state index is 0.325. The van der Waals surface area contributed by atoms with Crippen molar-refractivity contribution in [2.45, 2.75) is 32.7 Å². The smallest absolute Gasteiger partial charge is 0.119 e. The molecule has 22 heavy (non-hydrogen) atoms. The first-order valence-electron chi connectivity index (χ1n) is 7.87. The topological polar surface area (TPSA) is 21.3 Å². The van der Waals surface area contributed by atoms with Crippen molar-refractivity contribution < 1.29 is 4.74 Å². The standard InChI is InChI=1S/C20H23NO/c1-14-19-11-10-18(22-3)13-17(19)9-12-20(14)21-15(2)16-7-5-4-6-8-16/h4-8,10-11,13,15,21H,9,12H2,1-3H3/t15-/m1/s1. The van der Waals surface area contributed by atoms with Crippen LogP contribution in [0.15, 0.2) is 54.2 Å². The molecule has 0 bridgehead atoms. The molecule has 0 spiro atoms. The molecule has 0 fully saturated rings. The lowest BCUT2D eigenvalue weighted by Gasteiger charge is -2.26. The van der Waals surface area contributed by atoms with E-state index in [1.807, 2.05) is 6.07 Å². The van der Waals surface area contributed by atoms with Gasteiger partial charge in [-0.05, 0) is 61.1 Å². The van der Waals surface area contributed by atoms with Gasteiger partial charge in [-0.1, -0.05) is 36.4 Å². The quantitative estimate of drug-likeness (QED) is 0.880. The van der Waals surface area contributed by atoms with E-state index in [2.05, 4.69) is 61.6 Å². The van der Waals surface area contributed by atoms with Crippen molar-refractivity contribution in [1.29, 1.82) is 0 Å². The second kappa shape index (κ2) is 6.27. The van der Waals surface area contributed by atoms with Crippen LogP contribution < -0.4 is 10.1 Å². The highest BCUT2D eigenvalue weighted by atomic mass is 16.5. The van der Waals surface area contributed by atoms with Crippen LogP contribution in [-0.4, -0.2) is 7.11 Å². The summed E-state index contributed by atoms with van der Waals surface area (Å²) >= 11 is 0. The fraction of sp³-hybridized carbons (Fsp3) is 0.300. The lowest BCUT2D eigenvalue weighted by atomic mass is 9.89. The van der Waals surface area contributed by atoms with Gasteiger partial charge in [0, 0.05) is 11.7 Å². The number of fused-ring (bicyclic) bond motifs is 1. The molecule has 0 amide bonds. The number of methoxy groups -OCH3 is 1. The highest BCUT2D eigenvalue weighted by Crippen LogP contribution is 2.33. The molecular weight excluding hydrogens is 270 g/mol. The first-order chi connectivity index (χ1) is 10.7. The third kappa shape index (κ3) is 2.87. The van der Waals surface area contributed by atoms with Crippen LogP contribution in [0, 0.1) is 0 Å². The second-order valence-electron chi connectivity index (χ2n) is 5.90. The molecule has 114 valence electrons. The fourth-order valence-electron chi connectivity index (χ4n) is 3.15. The van der Waals surface area contributed by atoms with Crippen LogP contribution in [0.4, 0.5) is 0 Å². The number of ether oxygens (including phenoxy) is 1. The molecule has 0 heterocycles. The molecule has 1 aliphatic carbocycles. The molecule has 1 atom stereocenters. The van der Waals surface area contributed by atoms with Gasteiger partial charge in [-0.15, -0.1) is 0 Å². The summed E-state index contributed by atoms with van der Waals surface area (Å²) in [6, 6.07) is 17.3. The molecule has 0 saturated heterocycles. The molecule has 2 nitrogen and oxygen atoms in total. The maximum absolute atomic E-state index is 5.33. The number of hydrogen-bond donors (Lipinski definition) is 1. The van der Waals surface area contributed by atoms with Gasteiger partial charge in [-0.2, -0.15) is 0 Å². The van der Waals surface area contributed by atoms with Crippen LogP contribution in [0.25, 0.3) is 5.57 Å². The highest BCUT2D eigenvalue weighted by Gasteiger charge is 2.18.